The molecule has 1 saturated heterocycles. The van der Waals surface area contributed by atoms with E-state index in [1.165, 1.54) is 18.4 Å². The normalized spacial score (nSPS) is 16.4. The molecule has 0 N–H and O–H groups in total. The largest absolute Gasteiger partial charge is 0.370 e. The van der Waals surface area contributed by atoms with Crippen LogP contribution >= 0.6 is 11.6 Å². The minimum atomic E-state index is 0.507. The first-order valence-electron chi connectivity index (χ1n) is 7.03. The van der Waals surface area contributed by atoms with Gasteiger partial charge in [0.1, 0.15) is 0 Å². The van der Waals surface area contributed by atoms with Crippen molar-refractivity contribution in [1.82, 2.24) is 10.2 Å². The molecule has 1 fully saturated rings. The third-order valence-electron chi connectivity index (χ3n) is 4.13. The molecule has 0 bridgehead atoms. The Hall–Kier alpha value is -1.61. The van der Waals surface area contributed by atoms with Gasteiger partial charge < -0.3 is 4.90 Å². The second-order valence-corrected chi connectivity index (χ2v) is 5.68. The third kappa shape index (κ3) is 2.63. The van der Waals surface area contributed by atoms with Gasteiger partial charge in [-0.25, -0.2) is 0 Å². The van der Waals surface area contributed by atoms with Crippen molar-refractivity contribution in [2.75, 3.05) is 18.0 Å². The molecular weight excluding hydrogens is 270 g/mol. The minimum Gasteiger partial charge on any atom is -0.370 e. The van der Waals surface area contributed by atoms with Gasteiger partial charge in [0, 0.05) is 18.7 Å². The Bertz CT molecular complexity index is 578. The second-order valence-electron chi connectivity index (χ2n) is 5.32. The van der Waals surface area contributed by atoms with Crippen LogP contribution in [0.15, 0.2) is 36.5 Å². The van der Waals surface area contributed by atoms with Crippen LogP contribution < -0.4 is 4.90 Å². The summed E-state index contributed by atoms with van der Waals surface area (Å²) in [6.07, 6.45) is 4.16. The third-order valence-corrected chi connectivity index (χ3v) is 4.48. The Morgan fingerprint density at radius 2 is 1.85 bits per heavy atom. The fraction of sp³-hybridized carbons (Fsp3) is 0.375. The van der Waals surface area contributed by atoms with Crippen LogP contribution in [-0.2, 0) is 0 Å². The van der Waals surface area contributed by atoms with E-state index >= 15 is 0 Å². The number of anilines is 1. The Morgan fingerprint density at radius 3 is 2.55 bits per heavy atom. The highest BCUT2D eigenvalue weighted by Crippen LogP contribution is 2.32. The van der Waals surface area contributed by atoms with Crippen LogP contribution in [0.2, 0.25) is 5.15 Å². The van der Waals surface area contributed by atoms with Crippen molar-refractivity contribution >= 4 is 17.3 Å². The molecule has 104 valence electrons. The molecule has 0 atom stereocenters. The maximum atomic E-state index is 6.06. The number of piperidine rings is 1. The standard InChI is InChI=1S/C16H18ClN3/c1-12-15(11-18-19-16(12)17)20-9-7-14(8-10-20)13-5-3-2-4-6-13/h2-6,11,14H,7-10H2,1H3. The topological polar surface area (TPSA) is 29.0 Å². The maximum Gasteiger partial charge on any atom is 0.156 e. The van der Waals surface area contributed by atoms with E-state index in [9.17, 15) is 0 Å². The number of rotatable bonds is 2. The highest BCUT2D eigenvalue weighted by Gasteiger charge is 2.22. The van der Waals surface area contributed by atoms with Gasteiger partial charge in [-0.1, -0.05) is 41.9 Å². The van der Waals surface area contributed by atoms with E-state index < -0.39 is 0 Å². The summed E-state index contributed by atoms with van der Waals surface area (Å²) in [4.78, 5) is 2.37. The molecule has 1 aromatic heterocycles. The fourth-order valence-electron chi connectivity index (χ4n) is 2.91. The molecule has 2 heterocycles. The van der Waals surface area contributed by atoms with Gasteiger partial charge in [0.2, 0.25) is 0 Å². The molecule has 4 heteroatoms. The number of halogens is 1. The van der Waals surface area contributed by atoms with Gasteiger partial charge in [-0.3, -0.25) is 0 Å². The zero-order valence-corrected chi connectivity index (χ0v) is 12.3. The molecule has 2 aromatic rings. The lowest BCUT2D eigenvalue weighted by molar-refractivity contribution is 0.504. The molecule has 0 saturated carbocycles. The first kappa shape index (κ1) is 13.4. The van der Waals surface area contributed by atoms with Crippen LogP contribution in [0.25, 0.3) is 0 Å². The summed E-state index contributed by atoms with van der Waals surface area (Å²) >= 11 is 6.06. The van der Waals surface area contributed by atoms with Crippen molar-refractivity contribution in [3.8, 4) is 0 Å². The van der Waals surface area contributed by atoms with Crippen LogP contribution in [0, 0.1) is 6.92 Å². The van der Waals surface area contributed by atoms with Crippen LogP contribution in [0.5, 0.6) is 0 Å². The molecule has 0 unspecified atom stereocenters. The molecule has 20 heavy (non-hydrogen) atoms. The number of benzene rings is 1. The summed E-state index contributed by atoms with van der Waals surface area (Å²) < 4.78 is 0. The summed E-state index contributed by atoms with van der Waals surface area (Å²) in [5.74, 6) is 0.665. The molecule has 0 spiro atoms. The Labute approximate surface area is 124 Å². The highest BCUT2D eigenvalue weighted by molar-refractivity contribution is 6.30. The van der Waals surface area contributed by atoms with Crippen molar-refractivity contribution in [3.05, 3.63) is 52.8 Å². The lowest BCUT2D eigenvalue weighted by Crippen LogP contribution is -2.33. The van der Waals surface area contributed by atoms with Crippen molar-refractivity contribution in [1.29, 1.82) is 0 Å². The predicted octanol–water partition coefficient (Wildman–Crippen LogP) is 3.82. The average molecular weight is 288 g/mol. The van der Waals surface area contributed by atoms with E-state index in [1.54, 1.807) is 0 Å². The zero-order valence-electron chi connectivity index (χ0n) is 11.6. The van der Waals surface area contributed by atoms with Crippen molar-refractivity contribution < 1.29 is 0 Å². The molecule has 0 aliphatic carbocycles. The summed E-state index contributed by atoms with van der Waals surface area (Å²) in [5, 5.41) is 8.37. The van der Waals surface area contributed by atoms with Crippen molar-refractivity contribution in [3.63, 3.8) is 0 Å². The first-order valence-corrected chi connectivity index (χ1v) is 7.41. The van der Waals surface area contributed by atoms with E-state index in [0.29, 0.717) is 11.1 Å². The van der Waals surface area contributed by atoms with E-state index in [1.807, 2.05) is 13.1 Å². The van der Waals surface area contributed by atoms with Crippen LogP contribution in [0.1, 0.15) is 29.9 Å². The van der Waals surface area contributed by atoms with Gasteiger partial charge >= 0.3 is 0 Å². The van der Waals surface area contributed by atoms with Gasteiger partial charge in [0.05, 0.1) is 11.9 Å². The maximum absolute atomic E-state index is 6.06. The zero-order chi connectivity index (χ0) is 13.9. The summed E-state index contributed by atoms with van der Waals surface area (Å²) in [5.41, 5.74) is 3.60. The Balaban J connectivity index is 1.71. The van der Waals surface area contributed by atoms with Crippen LogP contribution in [-0.4, -0.2) is 23.3 Å². The Kier molecular flexibility index (Phi) is 3.88. The fourth-order valence-corrected chi connectivity index (χ4v) is 3.05. The van der Waals surface area contributed by atoms with Crippen molar-refractivity contribution in [2.45, 2.75) is 25.7 Å². The SMILES string of the molecule is Cc1c(N2CCC(c3ccccc3)CC2)cnnc1Cl. The minimum absolute atomic E-state index is 0.507. The van der Waals surface area contributed by atoms with E-state index in [4.69, 9.17) is 11.6 Å². The van der Waals surface area contributed by atoms with Crippen LogP contribution in [0.3, 0.4) is 0 Å². The first-order chi connectivity index (χ1) is 9.75. The van der Waals surface area contributed by atoms with Gasteiger partial charge in [-0.15, -0.1) is 5.10 Å². The van der Waals surface area contributed by atoms with Crippen molar-refractivity contribution in [2.24, 2.45) is 0 Å². The van der Waals surface area contributed by atoms with E-state index in [0.717, 1.165) is 24.3 Å². The Morgan fingerprint density at radius 1 is 1.15 bits per heavy atom. The second kappa shape index (κ2) is 5.80. The summed E-state index contributed by atoms with van der Waals surface area (Å²) in [7, 11) is 0. The summed E-state index contributed by atoms with van der Waals surface area (Å²) in [6, 6.07) is 10.8. The van der Waals surface area contributed by atoms with Gasteiger partial charge in [-0.2, -0.15) is 5.10 Å². The van der Waals surface area contributed by atoms with Crippen LogP contribution in [0.4, 0.5) is 5.69 Å². The quantitative estimate of drug-likeness (QED) is 0.841. The monoisotopic (exact) mass is 287 g/mol. The molecule has 1 aliphatic rings. The molecule has 3 nitrogen and oxygen atoms in total. The number of hydrogen-bond donors (Lipinski definition) is 0. The molecule has 0 radical (unpaired) electrons. The van der Waals surface area contributed by atoms with Gasteiger partial charge in [0.25, 0.3) is 0 Å². The molecule has 1 aliphatic heterocycles. The lowest BCUT2D eigenvalue weighted by Gasteiger charge is -2.34. The summed E-state index contributed by atoms with van der Waals surface area (Å²) in [6.45, 7) is 4.10. The highest BCUT2D eigenvalue weighted by atomic mass is 35.5. The average Bonchev–Trinajstić information content (AvgIpc) is 2.51. The predicted molar refractivity (Wildman–Crippen MR) is 82.4 cm³/mol. The smallest absolute Gasteiger partial charge is 0.156 e. The lowest BCUT2D eigenvalue weighted by atomic mass is 9.89. The van der Waals surface area contributed by atoms with Gasteiger partial charge in [0.15, 0.2) is 5.15 Å². The molecule has 3 rings (SSSR count). The molecule has 1 aromatic carbocycles. The van der Waals surface area contributed by atoms with E-state index in [-0.39, 0.29) is 0 Å². The number of aromatic nitrogens is 2. The van der Waals surface area contributed by atoms with E-state index in [2.05, 4.69) is 45.4 Å². The molecular formula is C16H18ClN3. The number of nitrogens with zero attached hydrogens (tertiary/aromatic N) is 3. The number of hydrogen-bond acceptors (Lipinski definition) is 3. The molecule has 0 amide bonds. The van der Waals surface area contributed by atoms with Gasteiger partial charge in [-0.05, 0) is 31.2 Å².